The molecule has 0 unspecified atom stereocenters. The molecule has 0 heterocycles. The molecule has 130 valence electrons. The van der Waals surface area contributed by atoms with Gasteiger partial charge < -0.3 is 9.29 Å². The Bertz CT molecular complexity index is 951. The SMILES string of the molecule is O=[N+]([O-])c1ccc(OS(=O)(=O)/C=C/c2ccc(O)cc2)c([N+](=O)[O-])c1. The van der Waals surface area contributed by atoms with Crippen molar-refractivity contribution in [1.82, 2.24) is 0 Å². The molecule has 0 bridgehead atoms. The number of hydrogen-bond donors (Lipinski definition) is 1. The second-order valence-electron chi connectivity index (χ2n) is 4.64. The van der Waals surface area contributed by atoms with E-state index in [2.05, 4.69) is 4.18 Å². The van der Waals surface area contributed by atoms with Crippen LogP contribution < -0.4 is 4.18 Å². The standard InChI is InChI=1S/C14H10N2O8S/c17-12-4-1-10(2-5-12)7-8-25(22,23)24-14-6-3-11(15(18)19)9-13(14)16(20)21/h1-9,17H/b8-7+. The van der Waals surface area contributed by atoms with Crippen molar-refractivity contribution in [3.05, 3.63) is 73.7 Å². The highest BCUT2D eigenvalue weighted by Crippen LogP contribution is 2.32. The van der Waals surface area contributed by atoms with Crippen LogP contribution in [0.4, 0.5) is 11.4 Å². The summed E-state index contributed by atoms with van der Waals surface area (Å²) in [4.78, 5) is 19.8. The summed E-state index contributed by atoms with van der Waals surface area (Å²) in [6.07, 6.45) is 1.16. The maximum atomic E-state index is 11.9. The van der Waals surface area contributed by atoms with Gasteiger partial charge in [-0.1, -0.05) is 12.1 Å². The summed E-state index contributed by atoms with van der Waals surface area (Å²) < 4.78 is 28.5. The fourth-order valence-corrected chi connectivity index (χ4v) is 2.50. The zero-order chi connectivity index (χ0) is 18.6. The van der Waals surface area contributed by atoms with E-state index < -0.39 is 37.1 Å². The average molecular weight is 366 g/mol. The molecule has 2 rings (SSSR count). The quantitative estimate of drug-likeness (QED) is 0.465. The van der Waals surface area contributed by atoms with E-state index in [0.29, 0.717) is 17.0 Å². The highest BCUT2D eigenvalue weighted by atomic mass is 32.2. The van der Waals surface area contributed by atoms with Crippen LogP contribution in [0.15, 0.2) is 47.9 Å². The van der Waals surface area contributed by atoms with Crippen LogP contribution in [0.5, 0.6) is 11.5 Å². The van der Waals surface area contributed by atoms with Gasteiger partial charge in [0, 0.05) is 6.07 Å². The minimum absolute atomic E-state index is 0.00207. The third-order valence-electron chi connectivity index (χ3n) is 2.88. The Morgan fingerprint density at radius 1 is 1.00 bits per heavy atom. The number of nitrogens with zero attached hydrogens (tertiary/aromatic N) is 2. The number of non-ortho nitro benzene ring substituents is 1. The molecule has 1 N–H and O–H groups in total. The zero-order valence-electron chi connectivity index (χ0n) is 12.3. The largest absolute Gasteiger partial charge is 0.508 e. The summed E-state index contributed by atoms with van der Waals surface area (Å²) in [6.45, 7) is 0. The minimum atomic E-state index is -4.35. The Labute approximate surface area is 141 Å². The van der Waals surface area contributed by atoms with E-state index in [-0.39, 0.29) is 5.75 Å². The number of hydrogen-bond acceptors (Lipinski definition) is 8. The molecule has 2 aromatic rings. The van der Waals surface area contributed by atoms with Gasteiger partial charge in [-0.2, -0.15) is 8.42 Å². The molecule has 25 heavy (non-hydrogen) atoms. The summed E-state index contributed by atoms with van der Waals surface area (Å²) in [5.74, 6) is -0.649. The second-order valence-corrected chi connectivity index (χ2v) is 6.06. The molecule has 0 atom stereocenters. The number of aromatic hydroxyl groups is 1. The van der Waals surface area contributed by atoms with Crippen molar-refractivity contribution in [3.63, 3.8) is 0 Å². The van der Waals surface area contributed by atoms with Crippen molar-refractivity contribution in [3.8, 4) is 11.5 Å². The van der Waals surface area contributed by atoms with E-state index in [1.165, 1.54) is 24.3 Å². The Kier molecular flexibility index (Phi) is 4.98. The van der Waals surface area contributed by atoms with Gasteiger partial charge in [0.1, 0.15) is 5.75 Å². The first-order chi connectivity index (χ1) is 11.7. The molecule has 0 aromatic heterocycles. The van der Waals surface area contributed by atoms with Crippen LogP contribution in [-0.4, -0.2) is 23.4 Å². The van der Waals surface area contributed by atoms with Crippen LogP contribution in [0.25, 0.3) is 6.08 Å². The highest BCUT2D eigenvalue weighted by molar-refractivity contribution is 7.90. The summed E-state index contributed by atoms with van der Waals surface area (Å²) in [5, 5.41) is 31.4. The van der Waals surface area contributed by atoms with Crippen LogP contribution in [0.2, 0.25) is 0 Å². The number of nitro benzene ring substituents is 2. The maximum absolute atomic E-state index is 11.9. The highest BCUT2D eigenvalue weighted by Gasteiger charge is 2.23. The Hall–Kier alpha value is -3.47. The van der Waals surface area contributed by atoms with Crippen molar-refractivity contribution in [1.29, 1.82) is 0 Å². The van der Waals surface area contributed by atoms with Crippen molar-refractivity contribution in [2.24, 2.45) is 0 Å². The molecular weight excluding hydrogens is 356 g/mol. The lowest BCUT2D eigenvalue weighted by molar-refractivity contribution is -0.394. The van der Waals surface area contributed by atoms with Gasteiger partial charge in [0.25, 0.3) is 5.69 Å². The van der Waals surface area contributed by atoms with Crippen molar-refractivity contribution < 1.29 is 27.6 Å². The van der Waals surface area contributed by atoms with Gasteiger partial charge >= 0.3 is 15.8 Å². The first-order valence-electron chi connectivity index (χ1n) is 6.52. The molecule has 0 fully saturated rings. The predicted octanol–water partition coefficient (Wildman–Crippen LogP) is 2.59. The van der Waals surface area contributed by atoms with Crippen molar-refractivity contribution >= 4 is 27.6 Å². The van der Waals surface area contributed by atoms with E-state index in [4.69, 9.17) is 5.11 Å². The molecule has 0 aliphatic heterocycles. The zero-order valence-corrected chi connectivity index (χ0v) is 13.1. The molecule has 0 aliphatic rings. The molecule has 11 heteroatoms. The smallest absolute Gasteiger partial charge is 0.332 e. The first-order valence-corrected chi connectivity index (χ1v) is 7.99. The Balaban J connectivity index is 2.29. The molecule has 2 aromatic carbocycles. The van der Waals surface area contributed by atoms with E-state index in [1.807, 2.05) is 0 Å². The summed E-state index contributed by atoms with van der Waals surface area (Å²) in [6, 6.07) is 7.90. The lowest BCUT2D eigenvalue weighted by Gasteiger charge is -2.04. The van der Waals surface area contributed by atoms with Gasteiger partial charge in [-0.05, 0) is 29.8 Å². The van der Waals surface area contributed by atoms with Crippen LogP contribution in [-0.2, 0) is 10.1 Å². The number of benzene rings is 2. The van der Waals surface area contributed by atoms with E-state index in [0.717, 1.165) is 18.2 Å². The lowest BCUT2D eigenvalue weighted by atomic mass is 10.2. The lowest BCUT2D eigenvalue weighted by Crippen LogP contribution is -2.07. The van der Waals surface area contributed by atoms with Crippen LogP contribution >= 0.6 is 0 Å². The van der Waals surface area contributed by atoms with Crippen molar-refractivity contribution in [2.45, 2.75) is 0 Å². The molecule has 0 aliphatic carbocycles. The third-order valence-corrected chi connectivity index (χ3v) is 3.76. The molecule has 10 nitrogen and oxygen atoms in total. The topological polar surface area (TPSA) is 150 Å². The van der Waals surface area contributed by atoms with Gasteiger partial charge in [0.2, 0.25) is 5.75 Å². The number of phenolic OH excluding ortho intramolecular Hbond substituents is 1. The summed E-state index contributed by atoms with van der Waals surface area (Å²) in [7, 11) is -4.35. The predicted molar refractivity (Wildman–Crippen MR) is 86.4 cm³/mol. The number of rotatable bonds is 6. The molecule has 0 amide bonds. The number of phenols is 1. The summed E-state index contributed by atoms with van der Waals surface area (Å²) >= 11 is 0. The Morgan fingerprint density at radius 2 is 1.64 bits per heavy atom. The average Bonchev–Trinajstić information content (AvgIpc) is 2.54. The maximum Gasteiger partial charge on any atom is 0.332 e. The Morgan fingerprint density at radius 3 is 2.20 bits per heavy atom. The van der Waals surface area contributed by atoms with Crippen molar-refractivity contribution in [2.75, 3.05) is 0 Å². The molecular formula is C14H10N2O8S. The fourth-order valence-electron chi connectivity index (χ4n) is 1.73. The van der Waals surface area contributed by atoms with Gasteiger partial charge in [-0.25, -0.2) is 0 Å². The second kappa shape index (κ2) is 6.97. The molecule has 0 radical (unpaired) electrons. The van der Waals surface area contributed by atoms with Crippen LogP contribution in [0.3, 0.4) is 0 Å². The first kappa shape index (κ1) is 17.9. The van der Waals surface area contributed by atoms with E-state index in [9.17, 15) is 28.6 Å². The molecule has 0 spiro atoms. The van der Waals surface area contributed by atoms with Gasteiger partial charge in [-0.15, -0.1) is 0 Å². The third kappa shape index (κ3) is 4.75. The summed E-state index contributed by atoms with van der Waals surface area (Å²) in [5.41, 5.74) is -0.991. The van der Waals surface area contributed by atoms with Crippen LogP contribution in [0.1, 0.15) is 5.56 Å². The number of nitro groups is 2. The van der Waals surface area contributed by atoms with E-state index in [1.54, 1.807) is 0 Å². The van der Waals surface area contributed by atoms with Crippen LogP contribution in [0, 0.1) is 20.2 Å². The van der Waals surface area contributed by atoms with Gasteiger partial charge in [0.05, 0.1) is 21.3 Å². The monoisotopic (exact) mass is 366 g/mol. The minimum Gasteiger partial charge on any atom is -0.508 e. The fraction of sp³-hybridized carbons (Fsp3) is 0. The van der Waals surface area contributed by atoms with Gasteiger partial charge in [-0.3, -0.25) is 20.2 Å². The molecule has 0 saturated heterocycles. The van der Waals surface area contributed by atoms with E-state index >= 15 is 0 Å². The molecule has 0 saturated carbocycles. The van der Waals surface area contributed by atoms with Gasteiger partial charge in [0.15, 0.2) is 0 Å². The normalized spacial score (nSPS) is 11.4.